The van der Waals surface area contributed by atoms with Crippen molar-refractivity contribution in [2.45, 2.75) is 38.0 Å². The fraction of sp³-hybridized carbons (Fsp3) is 0.583. The SMILES string of the molecule is C[C@@]12C[C@@H](C(=O)Nc3cncc(C(F)(F)F)n3)N[C@@H]1C2. The van der Waals surface area contributed by atoms with Crippen LogP contribution in [-0.4, -0.2) is 28.0 Å². The number of nitrogens with one attached hydrogen (secondary N) is 2. The summed E-state index contributed by atoms with van der Waals surface area (Å²) in [6.45, 7) is 2.09. The zero-order valence-electron chi connectivity index (χ0n) is 10.7. The maximum atomic E-state index is 12.5. The molecule has 0 radical (unpaired) electrons. The molecule has 0 unspecified atom stereocenters. The van der Waals surface area contributed by atoms with Crippen molar-refractivity contribution < 1.29 is 18.0 Å². The van der Waals surface area contributed by atoms with Crippen molar-refractivity contribution in [1.29, 1.82) is 0 Å². The van der Waals surface area contributed by atoms with Crippen LogP contribution in [0.25, 0.3) is 0 Å². The number of hydrogen-bond acceptors (Lipinski definition) is 4. The van der Waals surface area contributed by atoms with Crippen LogP contribution in [0.2, 0.25) is 0 Å². The summed E-state index contributed by atoms with van der Waals surface area (Å²) < 4.78 is 37.5. The summed E-state index contributed by atoms with van der Waals surface area (Å²) in [6.07, 6.45) is -1.12. The zero-order valence-corrected chi connectivity index (χ0v) is 10.7. The highest BCUT2D eigenvalue weighted by molar-refractivity contribution is 5.94. The fourth-order valence-corrected chi connectivity index (χ4v) is 2.61. The van der Waals surface area contributed by atoms with Gasteiger partial charge in [-0.2, -0.15) is 13.2 Å². The van der Waals surface area contributed by atoms with Crippen LogP contribution in [0, 0.1) is 5.41 Å². The van der Waals surface area contributed by atoms with E-state index in [1.54, 1.807) is 0 Å². The predicted molar refractivity (Wildman–Crippen MR) is 63.7 cm³/mol. The standard InChI is InChI=1S/C12H13F3N4O/c1-11-2-6(17-7(11)3-11)10(20)19-9-5-16-4-8(18-9)12(13,14)15/h4-7,17H,2-3H2,1H3,(H,18,19,20)/t6-,7+,11-/m0/s1. The van der Waals surface area contributed by atoms with Gasteiger partial charge in [-0.15, -0.1) is 0 Å². The first kappa shape index (κ1) is 13.3. The minimum Gasteiger partial charge on any atom is -0.308 e. The van der Waals surface area contributed by atoms with Gasteiger partial charge >= 0.3 is 6.18 Å². The number of alkyl halides is 3. The van der Waals surface area contributed by atoms with Crippen LogP contribution in [-0.2, 0) is 11.0 Å². The number of halogens is 3. The number of piperidine rings is 1. The highest BCUT2D eigenvalue weighted by Gasteiger charge is 2.58. The van der Waals surface area contributed by atoms with E-state index < -0.39 is 11.9 Å². The second kappa shape index (κ2) is 4.15. The third-order valence-corrected chi connectivity index (χ3v) is 3.92. The zero-order chi connectivity index (χ0) is 14.5. The first-order chi connectivity index (χ1) is 9.28. The van der Waals surface area contributed by atoms with E-state index in [9.17, 15) is 18.0 Å². The van der Waals surface area contributed by atoms with Crippen LogP contribution in [0.4, 0.5) is 19.0 Å². The summed E-state index contributed by atoms with van der Waals surface area (Å²) in [7, 11) is 0. The van der Waals surface area contributed by atoms with Gasteiger partial charge in [-0.25, -0.2) is 4.98 Å². The second-order valence-corrected chi connectivity index (χ2v) is 5.61. The molecule has 8 heteroatoms. The molecule has 2 heterocycles. The van der Waals surface area contributed by atoms with Crippen molar-refractivity contribution in [3.05, 3.63) is 18.1 Å². The molecule has 5 nitrogen and oxygen atoms in total. The number of amides is 1. The smallest absolute Gasteiger partial charge is 0.308 e. The molecule has 0 bridgehead atoms. The summed E-state index contributed by atoms with van der Waals surface area (Å²) in [5, 5.41) is 5.53. The number of hydrogen-bond donors (Lipinski definition) is 2. The van der Waals surface area contributed by atoms with Crippen molar-refractivity contribution in [1.82, 2.24) is 15.3 Å². The van der Waals surface area contributed by atoms with E-state index in [4.69, 9.17) is 0 Å². The number of anilines is 1. The van der Waals surface area contributed by atoms with Crippen LogP contribution < -0.4 is 10.6 Å². The van der Waals surface area contributed by atoms with Gasteiger partial charge < -0.3 is 10.6 Å². The molecule has 1 aromatic heterocycles. The quantitative estimate of drug-likeness (QED) is 0.866. The van der Waals surface area contributed by atoms with E-state index in [2.05, 4.69) is 27.5 Å². The lowest BCUT2D eigenvalue weighted by Crippen LogP contribution is -2.38. The van der Waals surface area contributed by atoms with Gasteiger partial charge in [0.05, 0.1) is 18.4 Å². The number of fused-ring (bicyclic) bond motifs is 1. The lowest BCUT2D eigenvalue weighted by Gasteiger charge is -2.14. The van der Waals surface area contributed by atoms with Crippen molar-refractivity contribution in [3.8, 4) is 0 Å². The first-order valence-electron chi connectivity index (χ1n) is 6.24. The van der Waals surface area contributed by atoms with Gasteiger partial charge in [0.2, 0.25) is 5.91 Å². The molecule has 2 N–H and O–H groups in total. The normalized spacial score (nSPS) is 31.8. The predicted octanol–water partition coefficient (Wildman–Crippen LogP) is 1.57. The molecule has 1 saturated heterocycles. The van der Waals surface area contributed by atoms with Crippen LogP contribution in [0.5, 0.6) is 0 Å². The number of carbonyl (C=O) groups is 1. The largest absolute Gasteiger partial charge is 0.434 e. The Morgan fingerprint density at radius 2 is 2.20 bits per heavy atom. The summed E-state index contributed by atoms with van der Waals surface area (Å²) in [4.78, 5) is 18.8. The van der Waals surface area contributed by atoms with Gasteiger partial charge in [-0.05, 0) is 18.3 Å². The van der Waals surface area contributed by atoms with Crippen LogP contribution in [0.3, 0.4) is 0 Å². The summed E-state index contributed by atoms with van der Waals surface area (Å²) >= 11 is 0. The highest BCUT2D eigenvalue weighted by Crippen LogP contribution is 2.53. The Hall–Kier alpha value is -1.70. The Bertz CT molecular complexity index is 562. The van der Waals surface area contributed by atoms with E-state index in [0.29, 0.717) is 18.7 Å². The molecule has 1 aliphatic carbocycles. The molecule has 20 heavy (non-hydrogen) atoms. The molecule has 3 rings (SSSR count). The first-order valence-corrected chi connectivity index (χ1v) is 6.24. The Kier molecular flexibility index (Phi) is 2.75. The third-order valence-electron chi connectivity index (χ3n) is 3.92. The summed E-state index contributed by atoms with van der Waals surface area (Å²) in [5.41, 5.74) is -0.967. The molecule has 2 fully saturated rings. The van der Waals surface area contributed by atoms with E-state index in [1.165, 1.54) is 0 Å². The van der Waals surface area contributed by atoms with Gasteiger partial charge in [0, 0.05) is 6.04 Å². The number of nitrogens with zero attached hydrogens (tertiary/aromatic N) is 2. The lowest BCUT2D eigenvalue weighted by molar-refractivity contribution is -0.141. The maximum absolute atomic E-state index is 12.5. The minimum atomic E-state index is -4.57. The number of carbonyl (C=O) groups excluding carboxylic acids is 1. The average Bonchev–Trinajstić information content (AvgIpc) is 2.86. The van der Waals surface area contributed by atoms with E-state index >= 15 is 0 Å². The fourth-order valence-electron chi connectivity index (χ4n) is 2.61. The molecule has 1 aliphatic heterocycles. The monoisotopic (exact) mass is 286 g/mol. The van der Waals surface area contributed by atoms with Gasteiger partial charge in [0.25, 0.3) is 0 Å². The molecule has 1 amide bonds. The van der Waals surface area contributed by atoms with E-state index in [1.807, 2.05) is 0 Å². The molecule has 1 saturated carbocycles. The Morgan fingerprint density at radius 3 is 2.80 bits per heavy atom. The van der Waals surface area contributed by atoms with Gasteiger partial charge in [0.15, 0.2) is 11.5 Å². The van der Waals surface area contributed by atoms with E-state index in [0.717, 1.165) is 12.6 Å². The molecule has 0 spiro atoms. The lowest BCUT2D eigenvalue weighted by atomic mass is 10.0. The summed E-state index contributed by atoms with van der Waals surface area (Å²) in [5.74, 6) is -0.551. The Morgan fingerprint density at radius 1 is 1.45 bits per heavy atom. The Balaban J connectivity index is 1.67. The van der Waals surface area contributed by atoms with Crippen LogP contribution >= 0.6 is 0 Å². The topological polar surface area (TPSA) is 66.9 Å². The van der Waals surface area contributed by atoms with Crippen molar-refractivity contribution in [2.75, 3.05) is 5.32 Å². The van der Waals surface area contributed by atoms with Gasteiger partial charge in [-0.1, -0.05) is 6.92 Å². The molecule has 3 atom stereocenters. The molecule has 2 aliphatic rings. The van der Waals surface area contributed by atoms with Crippen molar-refractivity contribution in [3.63, 3.8) is 0 Å². The Labute approximate surface area is 113 Å². The number of aromatic nitrogens is 2. The maximum Gasteiger partial charge on any atom is 0.434 e. The average molecular weight is 286 g/mol. The molecular weight excluding hydrogens is 273 g/mol. The van der Waals surface area contributed by atoms with Crippen LogP contribution in [0.1, 0.15) is 25.5 Å². The van der Waals surface area contributed by atoms with Crippen molar-refractivity contribution >= 4 is 11.7 Å². The van der Waals surface area contributed by atoms with Crippen LogP contribution in [0.15, 0.2) is 12.4 Å². The number of rotatable bonds is 2. The molecular formula is C12H13F3N4O. The van der Waals surface area contributed by atoms with Gasteiger partial charge in [0.1, 0.15) is 0 Å². The second-order valence-electron chi connectivity index (χ2n) is 5.61. The minimum absolute atomic E-state index is 0.154. The third kappa shape index (κ3) is 2.35. The highest BCUT2D eigenvalue weighted by atomic mass is 19.4. The van der Waals surface area contributed by atoms with E-state index in [-0.39, 0.29) is 23.2 Å². The summed E-state index contributed by atoms with van der Waals surface area (Å²) in [6, 6.07) is -0.0408. The molecule has 0 aromatic carbocycles. The molecule has 108 valence electrons. The molecule has 1 aromatic rings. The van der Waals surface area contributed by atoms with Crippen molar-refractivity contribution in [2.24, 2.45) is 5.41 Å². The van der Waals surface area contributed by atoms with Gasteiger partial charge in [-0.3, -0.25) is 9.78 Å².